The molecule has 0 atom stereocenters. The highest BCUT2D eigenvalue weighted by Crippen LogP contribution is 2.14. The first-order valence-corrected chi connectivity index (χ1v) is 5.33. The molecular formula is C11H10N2O3S. The molecule has 0 bridgehead atoms. The number of imide groups is 1. The summed E-state index contributed by atoms with van der Waals surface area (Å²) in [4.78, 5) is 24.4. The van der Waals surface area contributed by atoms with Crippen LogP contribution in [0.15, 0.2) is 24.3 Å². The van der Waals surface area contributed by atoms with E-state index in [1.54, 1.807) is 31.4 Å². The van der Waals surface area contributed by atoms with Crippen LogP contribution in [0.25, 0.3) is 0 Å². The van der Waals surface area contributed by atoms with Gasteiger partial charge in [0.25, 0.3) is 11.8 Å². The Kier molecular flexibility index (Phi) is 3.06. The normalized spacial score (nSPS) is 14.8. The zero-order chi connectivity index (χ0) is 12.4. The number of rotatable bonds is 2. The maximum Gasteiger partial charge on any atom is 0.266 e. The van der Waals surface area contributed by atoms with Gasteiger partial charge in [-0.3, -0.25) is 9.59 Å². The minimum atomic E-state index is -0.423. The summed E-state index contributed by atoms with van der Waals surface area (Å²) >= 11 is 4.89. The van der Waals surface area contributed by atoms with Gasteiger partial charge in [-0.1, -0.05) is 0 Å². The van der Waals surface area contributed by atoms with Gasteiger partial charge in [0.2, 0.25) is 0 Å². The third kappa shape index (κ3) is 2.12. The van der Waals surface area contributed by atoms with E-state index in [-0.39, 0.29) is 17.6 Å². The van der Waals surface area contributed by atoms with Crippen molar-refractivity contribution < 1.29 is 14.3 Å². The van der Waals surface area contributed by atoms with E-state index in [0.717, 1.165) is 4.90 Å². The summed E-state index contributed by atoms with van der Waals surface area (Å²) < 4.78 is 4.99. The molecule has 1 aromatic rings. The molecule has 0 aromatic heterocycles. The lowest BCUT2D eigenvalue weighted by Gasteiger charge is -2.12. The van der Waals surface area contributed by atoms with Crippen molar-refractivity contribution in [1.29, 1.82) is 0 Å². The number of nitrogens with one attached hydrogen (secondary N) is 1. The fraction of sp³-hybridized carbons (Fsp3) is 0.182. The summed E-state index contributed by atoms with van der Waals surface area (Å²) in [5, 5.41) is 2.80. The Labute approximate surface area is 103 Å². The summed E-state index contributed by atoms with van der Waals surface area (Å²) in [6, 6.07) is 6.50. The molecule has 5 nitrogen and oxygen atoms in total. The molecule has 1 aliphatic heterocycles. The van der Waals surface area contributed by atoms with E-state index < -0.39 is 5.91 Å². The number of hydrogen-bond acceptors (Lipinski definition) is 4. The monoisotopic (exact) mass is 250 g/mol. The maximum absolute atomic E-state index is 12.0. The van der Waals surface area contributed by atoms with Crippen molar-refractivity contribution in [3.8, 4) is 5.75 Å². The number of carbonyl (C=O) groups excluding carboxylic acids is 2. The Hall–Kier alpha value is -1.95. The van der Waals surface area contributed by atoms with Crippen LogP contribution in [0.2, 0.25) is 0 Å². The molecule has 0 unspecified atom stereocenters. The molecule has 17 heavy (non-hydrogen) atoms. The second-order valence-electron chi connectivity index (χ2n) is 3.42. The number of carbonyl (C=O) groups is 2. The van der Waals surface area contributed by atoms with Crippen LogP contribution in [-0.4, -0.2) is 35.5 Å². The lowest BCUT2D eigenvalue weighted by atomic mass is 10.2. The molecule has 6 heteroatoms. The molecule has 0 radical (unpaired) electrons. The van der Waals surface area contributed by atoms with Gasteiger partial charge >= 0.3 is 0 Å². The number of benzene rings is 1. The Morgan fingerprint density at radius 2 is 2.06 bits per heavy atom. The van der Waals surface area contributed by atoms with E-state index in [1.165, 1.54) is 0 Å². The molecule has 2 rings (SSSR count). The number of amides is 2. The predicted molar refractivity (Wildman–Crippen MR) is 64.8 cm³/mol. The molecule has 0 saturated carbocycles. The minimum absolute atomic E-state index is 0.0702. The van der Waals surface area contributed by atoms with Crippen molar-refractivity contribution >= 4 is 29.1 Å². The van der Waals surface area contributed by atoms with E-state index in [9.17, 15) is 9.59 Å². The molecule has 0 spiro atoms. The average molecular weight is 250 g/mol. The molecule has 88 valence electrons. The number of ether oxygens (including phenoxy) is 1. The van der Waals surface area contributed by atoms with Gasteiger partial charge in [-0.15, -0.1) is 0 Å². The van der Waals surface area contributed by atoms with Gasteiger partial charge in [0.15, 0.2) is 5.11 Å². The first-order valence-electron chi connectivity index (χ1n) is 4.92. The van der Waals surface area contributed by atoms with Crippen molar-refractivity contribution in [3.05, 3.63) is 29.8 Å². The van der Waals surface area contributed by atoms with E-state index in [2.05, 4.69) is 5.32 Å². The molecule has 1 aliphatic rings. The Bertz CT molecular complexity index is 468. The quantitative estimate of drug-likeness (QED) is 0.613. The largest absolute Gasteiger partial charge is 0.497 e. The van der Waals surface area contributed by atoms with Crippen molar-refractivity contribution in [2.24, 2.45) is 0 Å². The van der Waals surface area contributed by atoms with Crippen molar-refractivity contribution in [2.75, 3.05) is 13.7 Å². The maximum atomic E-state index is 12.0. The van der Waals surface area contributed by atoms with Crippen LogP contribution < -0.4 is 10.1 Å². The van der Waals surface area contributed by atoms with Crippen LogP contribution in [-0.2, 0) is 4.79 Å². The molecule has 0 aliphatic carbocycles. The molecule has 1 fully saturated rings. The van der Waals surface area contributed by atoms with Crippen LogP contribution >= 0.6 is 12.2 Å². The first-order chi connectivity index (χ1) is 8.13. The molecule has 1 aromatic carbocycles. The SMILES string of the molecule is COc1ccc(C(=O)N2C(=O)CNC2=S)cc1. The smallest absolute Gasteiger partial charge is 0.266 e. The van der Waals surface area contributed by atoms with Gasteiger partial charge in [0, 0.05) is 5.56 Å². The van der Waals surface area contributed by atoms with Gasteiger partial charge in [-0.2, -0.15) is 0 Å². The molecule has 2 amide bonds. The highest BCUT2D eigenvalue weighted by Gasteiger charge is 2.31. The van der Waals surface area contributed by atoms with Gasteiger partial charge in [-0.05, 0) is 36.5 Å². The Morgan fingerprint density at radius 3 is 2.53 bits per heavy atom. The summed E-state index contributed by atoms with van der Waals surface area (Å²) in [7, 11) is 1.54. The van der Waals surface area contributed by atoms with Crippen molar-refractivity contribution in [2.45, 2.75) is 0 Å². The van der Waals surface area contributed by atoms with Gasteiger partial charge in [0.05, 0.1) is 13.7 Å². The summed E-state index contributed by atoms with van der Waals surface area (Å²) in [5.41, 5.74) is 0.394. The fourth-order valence-electron chi connectivity index (χ4n) is 1.49. The highest BCUT2D eigenvalue weighted by atomic mass is 32.1. The topological polar surface area (TPSA) is 58.6 Å². The second kappa shape index (κ2) is 4.50. The standard InChI is InChI=1S/C11H10N2O3S/c1-16-8-4-2-7(3-5-8)10(15)13-9(14)6-12-11(13)17/h2-5H,6H2,1H3,(H,12,17). The molecule has 1 saturated heterocycles. The molecular weight excluding hydrogens is 240 g/mol. The zero-order valence-electron chi connectivity index (χ0n) is 9.10. The highest BCUT2D eigenvalue weighted by molar-refractivity contribution is 7.80. The zero-order valence-corrected chi connectivity index (χ0v) is 9.91. The Balaban J connectivity index is 2.24. The number of thiocarbonyl (C=S) groups is 1. The summed E-state index contributed by atoms with van der Waals surface area (Å²) in [6.07, 6.45) is 0. The van der Waals surface area contributed by atoms with Crippen molar-refractivity contribution in [3.63, 3.8) is 0 Å². The molecule has 1 N–H and O–H groups in total. The molecule has 1 heterocycles. The van der Waals surface area contributed by atoms with Gasteiger partial charge in [-0.25, -0.2) is 4.90 Å². The summed E-state index contributed by atoms with van der Waals surface area (Å²) in [5.74, 6) is -0.113. The third-order valence-electron chi connectivity index (χ3n) is 2.38. The number of methoxy groups -OCH3 is 1. The van der Waals surface area contributed by atoms with Crippen molar-refractivity contribution in [1.82, 2.24) is 10.2 Å². The lowest BCUT2D eigenvalue weighted by molar-refractivity contribution is -0.122. The number of nitrogens with zero attached hydrogens (tertiary/aromatic N) is 1. The average Bonchev–Trinajstić information content (AvgIpc) is 2.68. The summed E-state index contributed by atoms with van der Waals surface area (Å²) in [6.45, 7) is 0.0702. The van der Waals surface area contributed by atoms with E-state index >= 15 is 0 Å². The first kappa shape index (κ1) is 11.5. The third-order valence-corrected chi connectivity index (χ3v) is 2.71. The predicted octanol–water partition coefficient (Wildman–Crippen LogP) is 0.552. The van der Waals surface area contributed by atoms with E-state index in [1.807, 2.05) is 0 Å². The van der Waals surface area contributed by atoms with Crippen LogP contribution in [0, 0.1) is 0 Å². The van der Waals surface area contributed by atoms with Crippen LogP contribution in [0.5, 0.6) is 5.75 Å². The minimum Gasteiger partial charge on any atom is -0.497 e. The van der Waals surface area contributed by atoms with E-state index in [0.29, 0.717) is 11.3 Å². The van der Waals surface area contributed by atoms with Crippen LogP contribution in [0.3, 0.4) is 0 Å². The Morgan fingerprint density at radius 1 is 1.41 bits per heavy atom. The second-order valence-corrected chi connectivity index (χ2v) is 3.81. The number of hydrogen-bond donors (Lipinski definition) is 1. The van der Waals surface area contributed by atoms with Gasteiger partial charge < -0.3 is 10.1 Å². The van der Waals surface area contributed by atoms with Gasteiger partial charge in [0.1, 0.15) is 5.75 Å². The fourth-order valence-corrected chi connectivity index (χ4v) is 1.75. The van der Waals surface area contributed by atoms with Crippen LogP contribution in [0.4, 0.5) is 0 Å². The van der Waals surface area contributed by atoms with Crippen LogP contribution in [0.1, 0.15) is 10.4 Å². The van der Waals surface area contributed by atoms with E-state index in [4.69, 9.17) is 17.0 Å². The lowest BCUT2D eigenvalue weighted by Crippen LogP contribution is -2.36.